The summed E-state index contributed by atoms with van der Waals surface area (Å²) in [6, 6.07) is 11.7. The summed E-state index contributed by atoms with van der Waals surface area (Å²) in [5, 5.41) is 2.02. The van der Waals surface area contributed by atoms with E-state index in [0.717, 1.165) is 28.8 Å². The summed E-state index contributed by atoms with van der Waals surface area (Å²) in [5.41, 5.74) is 9.41. The fraction of sp³-hybridized carbons (Fsp3) is 0.400. The van der Waals surface area contributed by atoms with Gasteiger partial charge in [-0.15, -0.1) is 11.3 Å². The van der Waals surface area contributed by atoms with Gasteiger partial charge in [-0.25, -0.2) is 14.8 Å². The number of para-hydroxylation sites is 2. The van der Waals surface area contributed by atoms with Crippen molar-refractivity contribution in [3.8, 4) is 0 Å². The molecule has 4 aromatic rings. The first kappa shape index (κ1) is 22.3. The molecule has 0 unspecified atom stereocenters. The molecule has 3 heterocycles. The number of carbonyl (C=O) groups excluding carboxylic acids is 1. The van der Waals surface area contributed by atoms with Gasteiger partial charge >= 0.3 is 5.97 Å². The van der Waals surface area contributed by atoms with E-state index in [-0.39, 0.29) is 0 Å². The number of carbonyl (C=O) groups is 1. The number of benzene rings is 1. The van der Waals surface area contributed by atoms with Crippen molar-refractivity contribution in [2.75, 3.05) is 12.3 Å². The van der Waals surface area contributed by atoms with Crippen LogP contribution in [0, 0.1) is 0 Å². The van der Waals surface area contributed by atoms with Gasteiger partial charge in [0.25, 0.3) is 0 Å². The normalized spacial score (nSPS) is 11.4. The minimum atomic E-state index is -0.423. The first-order chi connectivity index (χ1) is 15.7. The van der Waals surface area contributed by atoms with Crippen molar-refractivity contribution in [1.29, 1.82) is 0 Å². The highest BCUT2D eigenvalue weighted by Crippen LogP contribution is 2.30. The van der Waals surface area contributed by atoms with Gasteiger partial charge in [0.1, 0.15) is 16.9 Å². The minimum Gasteiger partial charge on any atom is -0.462 e. The molecule has 0 radical (unpaired) electrons. The lowest BCUT2D eigenvalue weighted by Gasteiger charge is -2.07. The summed E-state index contributed by atoms with van der Waals surface area (Å²) in [5.74, 6) is -0.0683. The molecule has 6 nitrogen and oxygen atoms in total. The molecule has 0 aliphatic heterocycles. The molecule has 0 fully saturated rings. The maximum absolute atomic E-state index is 13.0. The van der Waals surface area contributed by atoms with Crippen LogP contribution in [0.2, 0.25) is 0 Å². The van der Waals surface area contributed by atoms with E-state index in [4.69, 9.17) is 20.4 Å². The Morgan fingerprint density at radius 3 is 2.44 bits per heavy atom. The first-order valence-electron chi connectivity index (χ1n) is 11.4. The molecule has 0 atom stereocenters. The molecule has 4 rings (SSSR count). The number of nitrogens with two attached hydrogens (primary N) is 1. The molecule has 0 saturated heterocycles. The summed E-state index contributed by atoms with van der Waals surface area (Å²) in [7, 11) is 0. The van der Waals surface area contributed by atoms with Crippen LogP contribution in [-0.4, -0.2) is 27.1 Å². The van der Waals surface area contributed by atoms with Crippen molar-refractivity contribution in [3.63, 3.8) is 0 Å². The smallest absolute Gasteiger partial charge is 0.344 e. The van der Waals surface area contributed by atoms with Crippen molar-refractivity contribution >= 4 is 45.3 Å². The number of ether oxygens (including phenoxy) is 1. The van der Waals surface area contributed by atoms with E-state index in [9.17, 15) is 4.79 Å². The van der Waals surface area contributed by atoms with Crippen LogP contribution in [0.3, 0.4) is 0 Å². The number of hydrogen-bond donors (Lipinski definition) is 1. The van der Waals surface area contributed by atoms with Crippen LogP contribution < -0.4 is 5.73 Å². The SMILES string of the molecule is CCCCCCCCCOC(=O)c1c(N)n(Cc2cccs2)c2nc3ccccc3nc12. The Morgan fingerprint density at radius 1 is 1.00 bits per heavy atom. The number of nitrogen functional groups attached to an aromatic ring is 1. The molecule has 0 aliphatic rings. The molecule has 3 aromatic heterocycles. The largest absolute Gasteiger partial charge is 0.462 e. The van der Waals surface area contributed by atoms with Crippen LogP contribution in [-0.2, 0) is 11.3 Å². The monoisotopic (exact) mass is 450 g/mol. The van der Waals surface area contributed by atoms with Gasteiger partial charge in [0, 0.05) is 4.88 Å². The van der Waals surface area contributed by atoms with E-state index in [2.05, 4.69) is 6.92 Å². The number of rotatable bonds is 11. The number of esters is 1. The topological polar surface area (TPSA) is 83.0 Å². The van der Waals surface area contributed by atoms with Gasteiger partial charge in [-0.1, -0.05) is 63.6 Å². The summed E-state index contributed by atoms with van der Waals surface area (Å²) in [6.07, 6.45) is 8.17. The summed E-state index contributed by atoms with van der Waals surface area (Å²) < 4.78 is 7.47. The third-order valence-electron chi connectivity index (χ3n) is 5.67. The molecular formula is C25H30N4O2S. The second-order valence-electron chi connectivity index (χ2n) is 8.07. The van der Waals surface area contributed by atoms with E-state index in [1.807, 2.05) is 46.3 Å². The average molecular weight is 451 g/mol. The van der Waals surface area contributed by atoms with E-state index >= 15 is 0 Å². The summed E-state index contributed by atoms with van der Waals surface area (Å²) in [6.45, 7) is 3.15. The summed E-state index contributed by atoms with van der Waals surface area (Å²) in [4.78, 5) is 23.7. The van der Waals surface area contributed by atoms with Crippen LogP contribution in [0.5, 0.6) is 0 Å². The molecule has 1 aromatic carbocycles. The number of nitrogens with zero attached hydrogens (tertiary/aromatic N) is 3. The Bertz CT molecular complexity index is 1180. The van der Waals surface area contributed by atoms with Gasteiger partial charge < -0.3 is 15.0 Å². The highest BCUT2D eigenvalue weighted by atomic mass is 32.1. The fourth-order valence-electron chi connectivity index (χ4n) is 3.93. The number of unbranched alkanes of at least 4 members (excludes halogenated alkanes) is 6. The van der Waals surface area contributed by atoms with E-state index in [1.54, 1.807) is 11.3 Å². The van der Waals surface area contributed by atoms with Gasteiger partial charge in [0.15, 0.2) is 5.65 Å². The fourth-order valence-corrected chi connectivity index (χ4v) is 4.63. The number of aromatic nitrogens is 3. The molecule has 0 amide bonds. The standard InChI is InChI=1S/C25H30N4O2S/c1-2-3-4-5-6-7-10-15-31-25(30)21-22-24(28-20-14-9-8-13-19(20)27-22)29(23(21)26)17-18-12-11-16-32-18/h8-9,11-14,16H,2-7,10,15,17,26H2,1H3. The zero-order valence-corrected chi connectivity index (χ0v) is 19.4. The van der Waals surface area contributed by atoms with Crippen molar-refractivity contribution < 1.29 is 9.53 Å². The molecular weight excluding hydrogens is 420 g/mol. The number of hydrogen-bond acceptors (Lipinski definition) is 6. The predicted octanol–water partition coefficient (Wildman–Crippen LogP) is 6.18. The molecule has 0 saturated carbocycles. The third kappa shape index (κ3) is 4.93. The summed E-state index contributed by atoms with van der Waals surface area (Å²) >= 11 is 1.64. The molecule has 32 heavy (non-hydrogen) atoms. The maximum Gasteiger partial charge on any atom is 0.344 e. The lowest BCUT2D eigenvalue weighted by atomic mass is 10.1. The van der Waals surface area contributed by atoms with Crippen LogP contribution >= 0.6 is 11.3 Å². The Hall–Kier alpha value is -2.93. The first-order valence-corrected chi connectivity index (χ1v) is 12.3. The van der Waals surface area contributed by atoms with Gasteiger partial charge in [-0.2, -0.15) is 0 Å². The highest BCUT2D eigenvalue weighted by Gasteiger charge is 2.25. The van der Waals surface area contributed by atoms with Gasteiger partial charge in [0.2, 0.25) is 0 Å². The van der Waals surface area contributed by atoms with E-state index < -0.39 is 5.97 Å². The average Bonchev–Trinajstić information content (AvgIpc) is 3.40. The Morgan fingerprint density at radius 2 is 1.72 bits per heavy atom. The Balaban J connectivity index is 1.55. The number of anilines is 1. The van der Waals surface area contributed by atoms with Gasteiger partial charge in [0.05, 0.1) is 24.2 Å². The van der Waals surface area contributed by atoms with Crippen LogP contribution in [0.15, 0.2) is 41.8 Å². The zero-order valence-electron chi connectivity index (χ0n) is 18.5. The number of thiophene rings is 1. The number of fused-ring (bicyclic) bond motifs is 2. The van der Waals surface area contributed by atoms with E-state index in [1.165, 1.54) is 32.1 Å². The zero-order chi connectivity index (χ0) is 22.3. The van der Waals surface area contributed by atoms with Crippen LogP contribution in [0.1, 0.15) is 67.1 Å². The highest BCUT2D eigenvalue weighted by molar-refractivity contribution is 7.09. The quantitative estimate of drug-likeness (QED) is 0.218. The maximum atomic E-state index is 13.0. The molecule has 2 N–H and O–H groups in total. The second kappa shape index (κ2) is 10.6. The lowest BCUT2D eigenvalue weighted by Crippen LogP contribution is -2.11. The van der Waals surface area contributed by atoms with E-state index in [0.29, 0.717) is 35.7 Å². The van der Waals surface area contributed by atoms with Gasteiger partial charge in [-0.3, -0.25) is 0 Å². The van der Waals surface area contributed by atoms with Gasteiger partial charge in [-0.05, 0) is 30.0 Å². The third-order valence-corrected chi connectivity index (χ3v) is 6.53. The minimum absolute atomic E-state index is 0.317. The molecule has 7 heteroatoms. The van der Waals surface area contributed by atoms with Crippen LogP contribution in [0.25, 0.3) is 22.2 Å². The Kier molecular flexibility index (Phi) is 7.37. The van der Waals surface area contributed by atoms with Crippen molar-refractivity contribution in [3.05, 3.63) is 52.2 Å². The molecule has 168 valence electrons. The molecule has 0 aliphatic carbocycles. The Labute approximate surface area is 192 Å². The predicted molar refractivity (Wildman–Crippen MR) is 131 cm³/mol. The molecule has 0 spiro atoms. The van der Waals surface area contributed by atoms with Crippen molar-refractivity contribution in [1.82, 2.24) is 14.5 Å². The molecule has 0 bridgehead atoms. The lowest BCUT2D eigenvalue weighted by molar-refractivity contribution is 0.0501. The van der Waals surface area contributed by atoms with Crippen LogP contribution in [0.4, 0.5) is 5.82 Å². The second-order valence-corrected chi connectivity index (χ2v) is 9.10. The van der Waals surface area contributed by atoms with Crippen molar-refractivity contribution in [2.24, 2.45) is 0 Å². The van der Waals surface area contributed by atoms with Crippen molar-refractivity contribution in [2.45, 2.75) is 58.4 Å².